The largest absolute Gasteiger partial charge is 0.469 e. The van der Waals surface area contributed by atoms with E-state index in [1.807, 2.05) is 6.92 Å². The highest BCUT2D eigenvalue weighted by molar-refractivity contribution is 5.72. The second kappa shape index (κ2) is 5.32. The van der Waals surface area contributed by atoms with E-state index in [0.29, 0.717) is 0 Å². The van der Waals surface area contributed by atoms with Gasteiger partial charge in [0.15, 0.2) is 0 Å². The Morgan fingerprint density at radius 1 is 1.50 bits per heavy atom. The van der Waals surface area contributed by atoms with Crippen molar-refractivity contribution in [3.8, 4) is 0 Å². The SMILES string of the molecule is COC(=O)[C@H](C)[C@@H](OC)C1CCCN1. The van der Waals surface area contributed by atoms with Crippen molar-refractivity contribution in [1.82, 2.24) is 5.32 Å². The molecule has 0 spiro atoms. The Labute approximate surface area is 85.0 Å². The number of methoxy groups -OCH3 is 2. The van der Waals surface area contributed by atoms with Gasteiger partial charge in [-0.1, -0.05) is 0 Å². The quantitative estimate of drug-likeness (QED) is 0.675. The van der Waals surface area contributed by atoms with Crippen LogP contribution >= 0.6 is 0 Å². The van der Waals surface area contributed by atoms with E-state index in [-0.39, 0.29) is 24.0 Å². The fourth-order valence-corrected chi connectivity index (χ4v) is 2.03. The number of nitrogens with one attached hydrogen (secondary N) is 1. The summed E-state index contributed by atoms with van der Waals surface area (Å²) in [5, 5.41) is 3.33. The molecule has 0 saturated carbocycles. The average molecular weight is 201 g/mol. The van der Waals surface area contributed by atoms with Gasteiger partial charge in [0.2, 0.25) is 0 Å². The van der Waals surface area contributed by atoms with E-state index < -0.39 is 0 Å². The molecule has 1 unspecified atom stereocenters. The molecule has 0 aromatic rings. The lowest BCUT2D eigenvalue weighted by Gasteiger charge is -2.26. The Morgan fingerprint density at radius 2 is 2.21 bits per heavy atom. The highest BCUT2D eigenvalue weighted by Crippen LogP contribution is 2.19. The van der Waals surface area contributed by atoms with Gasteiger partial charge in [-0.05, 0) is 26.3 Å². The topological polar surface area (TPSA) is 47.6 Å². The van der Waals surface area contributed by atoms with E-state index in [9.17, 15) is 4.79 Å². The third-order valence-corrected chi connectivity index (χ3v) is 2.83. The van der Waals surface area contributed by atoms with Gasteiger partial charge >= 0.3 is 5.97 Å². The molecule has 0 aromatic heterocycles. The molecular formula is C10H19NO3. The fourth-order valence-electron chi connectivity index (χ4n) is 2.03. The minimum Gasteiger partial charge on any atom is -0.469 e. The van der Waals surface area contributed by atoms with Gasteiger partial charge in [0.25, 0.3) is 0 Å². The van der Waals surface area contributed by atoms with E-state index in [1.165, 1.54) is 7.11 Å². The third kappa shape index (κ3) is 2.45. The first-order chi connectivity index (χ1) is 6.70. The normalized spacial score (nSPS) is 25.8. The second-order valence-corrected chi connectivity index (χ2v) is 3.71. The summed E-state index contributed by atoms with van der Waals surface area (Å²) in [5.41, 5.74) is 0. The van der Waals surface area contributed by atoms with E-state index in [2.05, 4.69) is 5.32 Å². The van der Waals surface area contributed by atoms with Crippen molar-refractivity contribution in [2.75, 3.05) is 20.8 Å². The van der Waals surface area contributed by atoms with Gasteiger partial charge in [-0.3, -0.25) is 4.79 Å². The van der Waals surface area contributed by atoms with Gasteiger partial charge in [0.05, 0.1) is 19.1 Å². The van der Waals surface area contributed by atoms with Gasteiger partial charge in [0, 0.05) is 13.2 Å². The molecule has 0 amide bonds. The van der Waals surface area contributed by atoms with Gasteiger partial charge in [-0.25, -0.2) is 0 Å². The van der Waals surface area contributed by atoms with Crippen molar-refractivity contribution < 1.29 is 14.3 Å². The van der Waals surface area contributed by atoms with Crippen molar-refractivity contribution in [3.05, 3.63) is 0 Å². The standard InChI is InChI=1S/C10H19NO3/c1-7(10(12)14-3)9(13-2)8-5-4-6-11-8/h7-9,11H,4-6H2,1-3H3/t7-,8?,9-/m1/s1. The minimum absolute atomic E-state index is 0.0788. The van der Waals surface area contributed by atoms with Crippen molar-refractivity contribution >= 4 is 5.97 Å². The zero-order valence-corrected chi connectivity index (χ0v) is 9.08. The third-order valence-electron chi connectivity index (χ3n) is 2.83. The molecule has 0 aliphatic carbocycles. The lowest BCUT2D eigenvalue weighted by molar-refractivity contribution is -0.150. The summed E-state index contributed by atoms with van der Waals surface area (Å²) in [6.07, 6.45) is 2.14. The summed E-state index contributed by atoms with van der Waals surface area (Å²) in [6.45, 7) is 2.86. The predicted octanol–water partition coefficient (Wildman–Crippen LogP) is 0.562. The zero-order valence-electron chi connectivity index (χ0n) is 9.08. The van der Waals surface area contributed by atoms with E-state index >= 15 is 0 Å². The van der Waals surface area contributed by atoms with Crippen molar-refractivity contribution in [3.63, 3.8) is 0 Å². The summed E-state index contributed by atoms with van der Waals surface area (Å²) in [6, 6.07) is 0.286. The molecule has 1 N–H and O–H groups in total. The maximum Gasteiger partial charge on any atom is 0.311 e. The van der Waals surface area contributed by atoms with Crippen LogP contribution in [0, 0.1) is 5.92 Å². The van der Waals surface area contributed by atoms with Crippen LogP contribution < -0.4 is 5.32 Å². The maximum atomic E-state index is 11.3. The molecule has 82 valence electrons. The van der Waals surface area contributed by atoms with Crippen LogP contribution in [0.4, 0.5) is 0 Å². The molecule has 0 radical (unpaired) electrons. The minimum atomic E-state index is -0.208. The number of esters is 1. The van der Waals surface area contributed by atoms with Gasteiger partial charge in [-0.2, -0.15) is 0 Å². The molecule has 1 fully saturated rings. The zero-order chi connectivity index (χ0) is 10.6. The Kier molecular flexibility index (Phi) is 4.35. The Hall–Kier alpha value is -0.610. The van der Waals surface area contributed by atoms with Crippen LogP contribution in [0.15, 0.2) is 0 Å². The van der Waals surface area contributed by atoms with Gasteiger partial charge in [-0.15, -0.1) is 0 Å². The van der Waals surface area contributed by atoms with Crippen LogP contribution in [0.1, 0.15) is 19.8 Å². The van der Waals surface area contributed by atoms with Crippen LogP contribution in [-0.4, -0.2) is 38.9 Å². The second-order valence-electron chi connectivity index (χ2n) is 3.71. The molecule has 1 aliphatic rings. The number of ether oxygens (including phenoxy) is 2. The molecule has 4 heteroatoms. The van der Waals surface area contributed by atoms with Gasteiger partial charge < -0.3 is 14.8 Å². The molecular weight excluding hydrogens is 182 g/mol. The molecule has 3 atom stereocenters. The summed E-state index contributed by atoms with van der Waals surface area (Å²) in [7, 11) is 3.05. The summed E-state index contributed by atoms with van der Waals surface area (Å²) in [4.78, 5) is 11.3. The molecule has 4 nitrogen and oxygen atoms in total. The summed E-state index contributed by atoms with van der Waals surface area (Å²) >= 11 is 0. The number of carbonyl (C=O) groups is 1. The van der Waals surface area contributed by atoms with Crippen LogP contribution in [0.2, 0.25) is 0 Å². The lowest BCUT2D eigenvalue weighted by atomic mass is 9.96. The lowest BCUT2D eigenvalue weighted by Crippen LogP contribution is -2.43. The summed E-state index contributed by atoms with van der Waals surface area (Å²) < 4.78 is 10.1. The van der Waals surface area contributed by atoms with Crippen LogP contribution in [0.5, 0.6) is 0 Å². The van der Waals surface area contributed by atoms with Crippen LogP contribution in [0.3, 0.4) is 0 Å². The van der Waals surface area contributed by atoms with Crippen molar-refractivity contribution in [2.45, 2.75) is 31.9 Å². The highest BCUT2D eigenvalue weighted by Gasteiger charge is 2.33. The number of carbonyl (C=O) groups excluding carboxylic acids is 1. The number of hydrogen-bond donors (Lipinski definition) is 1. The number of rotatable bonds is 4. The first kappa shape index (κ1) is 11.5. The first-order valence-electron chi connectivity index (χ1n) is 5.04. The Bertz CT molecular complexity index is 190. The summed E-state index contributed by atoms with van der Waals surface area (Å²) in [5.74, 6) is -0.411. The Morgan fingerprint density at radius 3 is 2.64 bits per heavy atom. The van der Waals surface area contributed by atoms with Crippen LogP contribution in [-0.2, 0) is 14.3 Å². The van der Waals surface area contributed by atoms with Crippen molar-refractivity contribution in [2.24, 2.45) is 5.92 Å². The first-order valence-corrected chi connectivity index (χ1v) is 5.04. The molecule has 0 bridgehead atoms. The molecule has 1 saturated heterocycles. The Balaban J connectivity index is 2.55. The van der Waals surface area contributed by atoms with Crippen LogP contribution in [0.25, 0.3) is 0 Å². The molecule has 1 rings (SSSR count). The highest BCUT2D eigenvalue weighted by atomic mass is 16.5. The average Bonchev–Trinajstić information content (AvgIpc) is 2.71. The van der Waals surface area contributed by atoms with Gasteiger partial charge in [0.1, 0.15) is 0 Å². The molecule has 1 heterocycles. The molecule has 1 aliphatic heterocycles. The molecule has 0 aromatic carbocycles. The van der Waals surface area contributed by atoms with E-state index in [0.717, 1.165) is 19.4 Å². The van der Waals surface area contributed by atoms with E-state index in [4.69, 9.17) is 9.47 Å². The maximum absolute atomic E-state index is 11.3. The number of hydrogen-bond acceptors (Lipinski definition) is 4. The smallest absolute Gasteiger partial charge is 0.311 e. The predicted molar refractivity (Wildman–Crippen MR) is 53.0 cm³/mol. The van der Waals surface area contributed by atoms with Crippen molar-refractivity contribution in [1.29, 1.82) is 0 Å². The fraction of sp³-hybridized carbons (Fsp3) is 0.900. The monoisotopic (exact) mass is 201 g/mol. The molecule has 14 heavy (non-hydrogen) atoms. The van der Waals surface area contributed by atoms with E-state index in [1.54, 1.807) is 7.11 Å².